The SMILES string of the molecule is CC(=O)c1cc(F)ccc1Sc1ncccn1. The number of aromatic nitrogens is 2. The first-order chi connectivity index (χ1) is 8.16. The second kappa shape index (κ2) is 5.05. The predicted molar refractivity (Wildman–Crippen MR) is 62.6 cm³/mol. The third-order valence-corrected chi connectivity index (χ3v) is 3.03. The standard InChI is InChI=1S/C12H9FN2OS/c1-8(16)10-7-9(13)3-4-11(10)17-12-14-5-2-6-15-12/h2-7H,1H3. The number of Topliss-reactive ketones (excluding diaryl/α,β-unsaturated/α-hetero) is 1. The van der Waals surface area contributed by atoms with Crippen LogP contribution in [0.5, 0.6) is 0 Å². The van der Waals surface area contributed by atoms with Gasteiger partial charge in [-0.05, 0) is 43.0 Å². The van der Waals surface area contributed by atoms with Gasteiger partial charge in [0.1, 0.15) is 5.82 Å². The van der Waals surface area contributed by atoms with Gasteiger partial charge < -0.3 is 0 Å². The Kier molecular flexibility index (Phi) is 3.49. The maximum Gasteiger partial charge on any atom is 0.192 e. The summed E-state index contributed by atoms with van der Waals surface area (Å²) >= 11 is 1.24. The predicted octanol–water partition coefficient (Wildman–Crippen LogP) is 2.97. The van der Waals surface area contributed by atoms with Crippen LogP contribution in [-0.4, -0.2) is 15.8 Å². The summed E-state index contributed by atoms with van der Waals surface area (Å²) in [7, 11) is 0. The molecule has 1 aromatic carbocycles. The lowest BCUT2D eigenvalue weighted by molar-refractivity contribution is 0.101. The van der Waals surface area contributed by atoms with E-state index in [0.29, 0.717) is 15.6 Å². The Morgan fingerprint density at radius 3 is 2.65 bits per heavy atom. The lowest BCUT2D eigenvalue weighted by Gasteiger charge is -2.05. The van der Waals surface area contributed by atoms with Crippen molar-refractivity contribution in [3.8, 4) is 0 Å². The monoisotopic (exact) mass is 248 g/mol. The maximum absolute atomic E-state index is 13.1. The van der Waals surface area contributed by atoms with E-state index in [1.54, 1.807) is 24.5 Å². The summed E-state index contributed by atoms with van der Waals surface area (Å²) in [6.07, 6.45) is 3.23. The number of nitrogens with zero attached hydrogens (tertiary/aromatic N) is 2. The van der Waals surface area contributed by atoms with Gasteiger partial charge >= 0.3 is 0 Å². The smallest absolute Gasteiger partial charge is 0.192 e. The van der Waals surface area contributed by atoms with Crippen LogP contribution in [0.1, 0.15) is 17.3 Å². The number of hydrogen-bond acceptors (Lipinski definition) is 4. The molecule has 0 bridgehead atoms. The summed E-state index contributed by atoms with van der Waals surface area (Å²) in [5.74, 6) is -0.600. The van der Waals surface area contributed by atoms with Crippen molar-refractivity contribution in [3.63, 3.8) is 0 Å². The van der Waals surface area contributed by atoms with Gasteiger partial charge in [-0.2, -0.15) is 0 Å². The second-order valence-electron chi connectivity index (χ2n) is 3.33. The van der Waals surface area contributed by atoms with Crippen LogP contribution in [0.25, 0.3) is 0 Å². The number of carbonyl (C=O) groups excluding carboxylic acids is 1. The molecule has 0 aliphatic carbocycles. The van der Waals surface area contributed by atoms with Crippen molar-refractivity contribution in [2.75, 3.05) is 0 Å². The fourth-order valence-electron chi connectivity index (χ4n) is 1.30. The molecule has 0 aliphatic heterocycles. The molecule has 0 atom stereocenters. The van der Waals surface area contributed by atoms with Gasteiger partial charge in [-0.3, -0.25) is 4.79 Å². The van der Waals surface area contributed by atoms with E-state index in [-0.39, 0.29) is 5.78 Å². The highest BCUT2D eigenvalue weighted by Gasteiger charge is 2.10. The first kappa shape index (κ1) is 11.7. The van der Waals surface area contributed by atoms with Gasteiger partial charge in [0.05, 0.1) is 0 Å². The van der Waals surface area contributed by atoms with Crippen LogP contribution in [0, 0.1) is 5.82 Å². The van der Waals surface area contributed by atoms with E-state index in [9.17, 15) is 9.18 Å². The highest BCUT2D eigenvalue weighted by Crippen LogP contribution is 2.28. The zero-order chi connectivity index (χ0) is 12.3. The molecule has 0 N–H and O–H groups in total. The van der Waals surface area contributed by atoms with Gasteiger partial charge in [-0.1, -0.05) is 0 Å². The Labute approximate surface area is 102 Å². The molecular weight excluding hydrogens is 239 g/mol. The quantitative estimate of drug-likeness (QED) is 0.618. The molecule has 0 unspecified atom stereocenters. The van der Waals surface area contributed by atoms with Gasteiger partial charge in [0, 0.05) is 22.9 Å². The number of hydrogen-bond donors (Lipinski definition) is 0. The molecule has 0 saturated heterocycles. The molecule has 1 aromatic heterocycles. The molecule has 0 saturated carbocycles. The maximum atomic E-state index is 13.1. The largest absolute Gasteiger partial charge is 0.294 e. The minimum absolute atomic E-state index is 0.178. The van der Waals surface area contributed by atoms with Crippen molar-refractivity contribution in [1.29, 1.82) is 0 Å². The number of carbonyl (C=O) groups is 1. The Bertz CT molecular complexity index is 545. The number of rotatable bonds is 3. The van der Waals surface area contributed by atoms with Gasteiger partial charge in [0.15, 0.2) is 10.9 Å². The average Bonchev–Trinajstić information content (AvgIpc) is 2.32. The van der Waals surface area contributed by atoms with Crippen LogP contribution in [0.15, 0.2) is 46.7 Å². The molecule has 0 fully saturated rings. The fraction of sp³-hybridized carbons (Fsp3) is 0.0833. The summed E-state index contributed by atoms with van der Waals surface area (Å²) < 4.78 is 13.1. The first-order valence-corrected chi connectivity index (χ1v) is 5.74. The average molecular weight is 248 g/mol. The summed E-state index contributed by atoms with van der Waals surface area (Å²) in [6, 6.07) is 5.82. The third kappa shape index (κ3) is 2.88. The Balaban J connectivity index is 2.36. The van der Waals surface area contributed by atoms with Gasteiger partial charge in [0.2, 0.25) is 0 Å². The lowest BCUT2D eigenvalue weighted by atomic mass is 10.1. The highest BCUT2D eigenvalue weighted by atomic mass is 32.2. The molecule has 0 amide bonds. The number of ketones is 1. The summed E-state index contributed by atoms with van der Waals surface area (Å²) in [6.45, 7) is 1.41. The first-order valence-electron chi connectivity index (χ1n) is 4.92. The van der Waals surface area contributed by atoms with E-state index in [0.717, 1.165) is 0 Å². The second-order valence-corrected chi connectivity index (χ2v) is 4.34. The molecule has 5 heteroatoms. The van der Waals surface area contributed by atoms with Crippen molar-refractivity contribution in [1.82, 2.24) is 9.97 Å². The van der Waals surface area contributed by atoms with Crippen LogP contribution in [0.4, 0.5) is 4.39 Å². The molecule has 0 radical (unpaired) electrons. The topological polar surface area (TPSA) is 42.9 Å². The highest BCUT2D eigenvalue weighted by molar-refractivity contribution is 7.99. The molecular formula is C12H9FN2OS. The van der Waals surface area contributed by atoms with E-state index in [2.05, 4.69) is 9.97 Å². The van der Waals surface area contributed by atoms with Crippen molar-refractivity contribution in [2.45, 2.75) is 17.0 Å². The van der Waals surface area contributed by atoms with E-state index < -0.39 is 5.82 Å². The van der Waals surface area contributed by atoms with Gasteiger partial charge in [-0.25, -0.2) is 14.4 Å². The molecule has 2 rings (SSSR count). The molecule has 0 aliphatic rings. The Morgan fingerprint density at radius 1 is 1.29 bits per heavy atom. The Morgan fingerprint density at radius 2 is 2.00 bits per heavy atom. The zero-order valence-electron chi connectivity index (χ0n) is 9.05. The Hall–Kier alpha value is -1.75. The minimum Gasteiger partial charge on any atom is -0.294 e. The van der Waals surface area contributed by atoms with Crippen LogP contribution in [0.3, 0.4) is 0 Å². The number of benzene rings is 1. The molecule has 1 heterocycles. The van der Waals surface area contributed by atoms with E-state index in [1.807, 2.05) is 0 Å². The van der Waals surface area contributed by atoms with Crippen molar-refractivity contribution >= 4 is 17.5 Å². The molecule has 17 heavy (non-hydrogen) atoms. The minimum atomic E-state index is -0.423. The van der Waals surface area contributed by atoms with Crippen molar-refractivity contribution in [2.24, 2.45) is 0 Å². The van der Waals surface area contributed by atoms with Crippen molar-refractivity contribution in [3.05, 3.63) is 48.0 Å². The van der Waals surface area contributed by atoms with Crippen molar-refractivity contribution < 1.29 is 9.18 Å². The fourth-order valence-corrected chi connectivity index (χ4v) is 2.18. The van der Waals surface area contributed by atoms with E-state index in [1.165, 1.54) is 30.8 Å². The molecule has 0 spiro atoms. The summed E-state index contributed by atoms with van der Waals surface area (Å²) in [5.41, 5.74) is 0.349. The summed E-state index contributed by atoms with van der Waals surface area (Å²) in [4.78, 5) is 20.1. The molecule has 2 aromatic rings. The number of halogens is 1. The van der Waals surface area contributed by atoms with E-state index >= 15 is 0 Å². The van der Waals surface area contributed by atoms with Gasteiger partial charge in [-0.15, -0.1) is 0 Å². The summed E-state index contributed by atoms with van der Waals surface area (Å²) in [5, 5.41) is 0.529. The molecule has 3 nitrogen and oxygen atoms in total. The van der Waals surface area contributed by atoms with Crippen LogP contribution >= 0.6 is 11.8 Å². The van der Waals surface area contributed by atoms with Crippen LogP contribution in [-0.2, 0) is 0 Å². The van der Waals surface area contributed by atoms with E-state index in [4.69, 9.17) is 0 Å². The lowest BCUT2D eigenvalue weighted by Crippen LogP contribution is -1.97. The van der Waals surface area contributed by atoms with Crippen LogP contribution in [0.2, 0.25) is 0 Å². The molecule has 86 valence electrons. The normalized spacial score (nSPS) is 10.2. The third-order valence-electron chi connectivity index (χ3n) is 2.06. The van der Waals surface area contributed by atoms with Crippen LogP contribution < -0.4 is 0 Å². The van der Waals surface area contributed by atoms with Gasteiger partial charge in [0.25, 0.3) is 0 Å². The zero-order valence-corrected chi connectivity index (χ0v) is 9.87.